The lowest BCUT2D eigenvalue weighted by atomic mass is 10.1. The van der Waals surface area contributed by atoms with Crippen LogP contribution in [0.25, 0.3) is 0 Å². The van der Waals surface area contributed by atoms with Gasteiger partial charge in [-0.15, -0.1) is 0 Å². The minimum Gasteiger partial charge on any atom is -0.0654 e. The average Bonchev–Trinajstić information content (AvgIpc) is 2.10. The van der Waals surface area contributed by atoms with Gasteiger partial charge in [0.05, 0.1) is 0 Å². The summed E-state index contributed by atoms with van der Waals surface area (Å²) >= 11 is 0. The molecule has 0 amide bonds. The van der Waals surface area contributed by atoms with E-state index < -0.39 is 0 Å². The Morgan fingerprint density at radius 2 is 1.08 bits per heavy atom. The molecule has 0 atom stereocenters. The molecule has 0 saturated heterocycles. The lowest BCUT2D eigenvalue weighted by molar-refractivity contribution is 0.572. The Morgan fingerprint density at radius 3 is 1.50 bits per heavy atom. The molecule has 73 valence electrons. The SMILES string of the molecule is CCCCCCCCCCC[SiH2]. The number of rotatable bonds is 9. The third kappa shape index (κ3) is 10.2. The third-order valence-corrected chi connectivity index (χ3v) is 2.85. The van der Waals surface area contributed by atoms with Gasteiger partial charge in [0, 0.05) is 10.2 Å². The van der Waals surface area contributed by atoms with Gasteiger partial charge in [0.15, 0.2) is 0 Å². The van der Waals surface area contributed by atoms with Crippen LogP contribution in [-0.2, 0) is 0 Å². The molecule has 0 bridgehead atoms. The maximum absolute atomic E-state index is 2.28. The van der Waals surface area contributed by atoms with Gasteiger partial charge in [0.2, 0.25) is 0 Å². The summed E-state index contributed by atoms with van der Waals surface area (Å²) in [6.07, 6.45) is 13.1. The fourth-order valence-corrected chi connectivity index (χ4v) is 1.84. The maximum atomic E-state index is 2.28. The van der Waals surface area contributed by atoms with Crippen molar-refractivity contribution in [2.24, 2.45) is 0 Å². The van der Waals surface area contributed by atoms with Crippen molar-refractivity contribution in [3.05, 3.63) is 0 Å². The molecule has 0 aromatic rings. The lowest BCUT2D eigenvalue weighted by Crippen LogP contribution is -1.80. The van der Waals surface area contributed by atoms with Crippen molar-refractivity contribution < 1.29 is 0 Å². The van der Waals surface area contributed by atoms with Crippen LogP contribution in [0.2, 0.25) is 6.04 Å². The van der Waals surface area contributed by atoms with E-state index in [1.807, 2.05) is 0 Å². The normalized spacial score (nSPS) is 10.5. The second kappa shape index (κ2) is 11.2. The van der Waals surface area contributed by atoms with Crippen LogP contribution in [0, 0.1) is 0 Å². The second-order valence-electron chi connectivity index (χ2n) is 3.68. The largest absolute Gasteiger partial charge is 0.0654 e. The molecule has 0 unspecified atom stereocenters. The summed E-state index contributed by atoms with van der Waals surface area (Å²) in [4.78, 5) is 0. The standard InChI is InChI=1S/C11H25Si/c1-2-3-4-5-6-7-8-9-10-11-12/h2-12H2,1H3. The monoisotopic (exact) mass is 185 g/mol. The predicted octanol–water partition coefficient (Wildman–Crippen LogP) is 3.57. The van der Waals surface area contributed by atoms with Crippen LogP contribution in [0.4, 0.5) is 0 Å². The topological polar surface area (TPSA) is 0 Å². The van der Waals surface area contributed by atoms with Crippen LogP contribution < -0.4 is 0 Å². The lowest BCUT2D eigenvalue weighted by Gasteiger charge is -1.99. The minimum atomic E-state index is 1.37. The fourth-order valence-electron chi connectivity index (χ4n) is 1.49. The van der Waals surface area contributed by atoms with Gasteiger partial charge in [-0.05, 0) is 0 Å². The van der Waals surface area contributed by atoms with E-state index in [-0.39, 0.29) is 0 Å². The smallest absolute Gasteiger partial charge is 0.00797 e. The molecule has 0 aliphatic rings. The summed E-state index contributed by atoms with van der Waals surface area (Å²) in [5.41, 5.74) is 0. The molecule has 1 radical (unpaired) electrons. The molecule has 0 aliphatic carbocycles. The third-order valence-electron chi connectivity index (χ3n) is 2.35. The van der Waals surface area contributed by atoms with Crippen molar-refractivity contribution in [1.29, 1.82) is 0 Å². The van der Waals surface area contributed by atoms with Crippen molar-refractivity contribution in [2.75, 3.05) is 0 Å². The molecule has 0 heterocycles. The first kappa shape index (κ1) is 12.2. The van der Waals surface area contributed by atoms with Crippen LogP contribution in [0.1, 0.15) is 64.7 Å². The first-order chi connectivity index (χ1) is 5.91. The van der Waals surface area contributed by atoms with Crippen LogP contribution in [0.5, 0.6) is 0 Å². The zero-order valence-corrected chi connectivity index (χ0v) is 10.2. The van der Waals surface area contributed by atoms with Crippen molar-refractivity contribution in [3.8, 4) is 0 Å². The molecule has 0 spiro atoms. The molecular weight excluding hydrogens is 160 g/mol. The Kier molecular flexibility index (Phi) is 11.4. The Bertz CT molecular complexity index is 61.4. The summed E-state index contributed by atoms with van der Waals surface area (Å²) in [6, 6.07) is 1.40. The van der Waals surface area contributed by atoms with Crippen LogP contribution >= 0.6 is 0 Å². The molecule has 12 heavy (non-hydrogen) atoms. The second-order valence-corrected chi connectivity index (χ2v) is 4.39. The van der Waals surface area contributed by atoms with E-state index in [1.165, 1.54) is 63.8 Å². The zero-order valence-electron chi connectivity index (χ0n) is 8.78. The molecule has 0 aliphatic heterocycles. The van der Waals surface area contributed by atoms with E-state index in [1.54, 1.807) is 0 Å². The molecule has 0 aromatic carbocycles. The molecule has 0 saturated carbocycles. The van der Waals surface area contributed by atoms with Crippen molar-refractivity contribution in [3.63, 3.8) is 0 Å². The molecule has 1 heteroatoms. The fraction of sp³-hybridized carbons (Fsp3) is 1.00. The Morgan fingerprint density at radius 1 is 0.667 bits per heavy atom. The molecule has 0 rings (SSSR count). The summed E-state index contributed by atoms with van der Waals surface area (Å²) < 4.78 is 0. The molecular formula is C11H25Si. The van der Waals surface area contributed by atoms with Gasteiger partial charge in [-0.1, -0.05) is 70.8 Å². The van der Waals surface area contributed by atoms with Crippen LogP contribution in [0.3, 0.4) is 0 Å². The number of unbranched alkanes of at least 4 members (excludes halogenated alkanes) is 8. The van der Waals surface area contributed by atoms with E-state index in [0.717, 1.165) is 0 Å². The maximum Gasteiger partial charge on any atom is 0.00797 e. The molecule has 0 nitrogen and oxygen atoms in total. The quantitative estimate of drug-likeness (QED) is 0.380. The van der Waals surface area contributed by atoms with Gasteiger partial charge >= 0.3 is 0 Å². The first-order valence-corrected chi connectivity index (χ1v) is 6.71. The van der Waals surface area contributed by atoms with Crippen LogP contribution in [0.15, 0.2) is 0 Å². The summed E-state index contributed by atoms with van der Waals surface area (Å²) in [5, 5.41) is 0. The molecule has 0 N–H and O–H groups in total. The zero-order chi connectivity index (χ0) is 9.07. The number of hydrogen-bond donors (Lipinski definition) is 0. The van der Waals surface area contributed by atoms with Crippen molar-refractivity contribution in [2.45, 2.75) is 70.8 Å². The predicted molar refractivity (Wildman–Crippen MR) is 60.6 cm³/mol. The summed E-state index contributed by atoms with van der Waals surface area (Å²) in [5.74, 6) is 0. The minimum absolute atomic E-state index is 1.37. The van der Waals surface area contributed by atoms with Gasteiger partial charge in [-0.3, -0.25) is 0 Å². The summed E-state index contributed by atoms with van der Waals surface area (Å²) in [6.45, 7) is 2.28. The number of hydrogen-bond acceptors (Lipinski definition) is 0. The van der Waals surface area contributed by atoms with Gasteiger partial charge in [0.1, 0.15) is 0 Å². The Balaban J connectivity index is 2.73. The Labute approximate surface area is 81.6 Å². The van der Waals surface area contributed by atoms with Crippen molar-refractivity contribution in [1.82, 2.24) is 0 Å². The average molecular weight is 185 g/mol. The summed E-state index contributed by atoms with van der Waals surface area (Å²) in [7, 11) is 2.11. The van der Waals surface area contributed by atoms with E-state index >= 15 is 0 Å². The van der Waals surface area contributed by atoms with Gasteiger partial charge in [0.25, 0.3) is 0 Å². The highest BCUT2D eigenvalue weighted by molar-refractivity contribution is 6.08. The highest BCUT2D eigenvalue weighted by Gasteiger charge is 1.90. The van der Waals surface area contributed by atoms with E-state index in [0.29, 0.717) is 0 Å². The molecule has 0 aromatic heterocycles. The van der Waals surface area contributed by atoms with E-state index in [4.69, 9.17) is 0 Å². The van der Waals surface area contributed by atoms with E-state index in [9.17, 15) is 0 Å². The van der Waals surface area contributed by atoms with Gasteiger partial charge in [-0.25, -0.2) is 0 Å². The van der Waals surface area contributed by atoms with Crippen LogP contribution in [-0.4, -0.2) is 10.2 Å². The molecule has 0 fully saturated rings. The van der Waals surface area contributed by atoms with Crippen molar-refractivity contribution >= 4 is 10.2 Å². The van der Waals surface area contributed by atoms with E-state index in [2.05, 4.69) is 17.2 Å². The highest BCUT2D eigenvalue weighted by Crippen LogP contribution is 2.09. The van der Waals surface area contributed by atoms with Gasteiger partial charge in [-0.2, -0.15) is 0 Å². The first-order valence-electron chi connectivity index (χ1n) is 5.71. The highest BCUT2D eigenvalue weighted by atomic mass is 28.1. The van der Waals surface area contributed by atoms with Gasteiger partial charge < -0.3 is 0 Å². The Hall–Kier alpha value is 0.217.